The number of carbonyl (C=O) groups excluding carboxylic acids is 2. The Balaban J connectivity index is 1.19. The fourth-order valence-corrected chi connectivity index (χ4v) is 5.30. The number of hydrogen-bond donors (Lipinski definition) is 0. The standard InChI is InChI=1S/C24H27N3O3/c1-30-22-10-5-4-9-21(22)27-15-17-13-18(27)16-25(14-17)11-6-12-26-23(28)19-7-2-3-8-20(19)24(26)29/h2-5,7-10,17-18H,6,11-16H2,1H3/t17-,18+/m0/s1. The molecule has 2 amide bonds. The molecule has 6 nitrogen and oxygen atoms in total. The summed E-state index contributed by atoms with van der Waals surface area (Å²) in [4.78, 5) is 31.5. The number of imide groups is 1. The number of rotatable bonds is 6. The summed E-state index contributed by atoms with van der Waals surface area (Å²) >= 11 is 0. The molecular formula is C24H27N3O3. The molecule has 2 fully saturated rings. The molecule has 3 aliphatic heterocycles. The van der Waals surface area contributed by atoms with Crippen LogP contribution in [0.5, 0.6) is 5.75 Å². The van der Waals surface area contributed by atoms with E-state index in [9.17, 15) is 9.59 Å². The quantitative estimate of drug-likeness (QED) is 0.692. The zero-order valence-electron chi connectivity index (χ0n) is 17.3. The predicted molar refractivity (Wildman–Crippen MR) is 115 cm³/mol. The predicted octanol–water partition coefficient (Wildman–Crippen LogP) is 2.89. The van der Waals surface area contributed by atoms with Gasteiger partial charge in [-0.15, -0.1) is 0 Å². The lowest BCUT2D eigenvalue weighted by Crippen LogP contribution is -2.43. The lowest BCUT2D eigenvalue weighted by molar-refractivity contribution is 0.0644. The fourth-order valence-electron chi connectivity index (χ4n) is 5.30. The molecule has 5 rings (SSSR count). The molecule has 2 atom stereocenters. The lowest BCUT2D eigenvalue weighted by Gasteiger charge is -2.34. The number of amides is 2. The molecule has 0 aromatic heterocycles. The van der Waals surface area contributed by atoms with Gasteiger partial charge in [0, 0.05) is 32.2 Å². The summed E-state index contributed by atoms with van der Waals surface area (Å²) in [6.45, 7) is 4.52. The molecule has 2 bridgehead atoms. The molecule has 0 radical (unpaired) electrons. The van der Waals surface area contributed by atoms with Crippen molar-refractivity contribution in [3.05, 3.63) is 59.7 Å². The van der Waals surface area contributed by atoms with Crippen molar-refractivity contribution in [1.29, 1.82) is 0 Å². The molecule has 3 heterocycles. The maximum atomic E-state index is 12.5. The number of nitrogens with zero attached hydrogens (tertiary/aromatic N) is 3. The first-order chi connectivity index (χ1) is 14.7. The minimum Gasteiger partial charge on any atom is -0.495 e. The molecule has 0 aliphatic carbocycles. The number of ether oxygens (including phenoxy) is 1. The van der Waals surface area contributed by atoms with Crippen molar-refractivity contribution in [2.45, 2.75) is 18.9 Å². The monoisotopic (exact) mass is 405 g/mol. The third-order valence-electron chi connectivity index (χ3n) is 6.62. The SMILES string of the molecule is COc1ccccc1N1C[C@H]2C[C@@H]1CN(CCCN1C(=O)c3ccccc3C1=O)C2. The molecule has 2 aromatic rings. The highest BCUT2D eigenvalue weighted by molar-refractivity contribution is 6.21. The van der Waals surface area contributed by atoms with Gasteiger partial charge in [0.1, 0.15) is 5.75 Å². The largest absolute Gasteiger partial charge is 0.495 e. The Kier molecular flexibility index (Phi) is 4.95. The van der Waals surface area contributed by atoms with Gasteiger partial charge in [-0.1, -0.05) is 24.3 Å². The second-order valence-electron chi connectivity index (χ2n) is 8.50. The molecule has 156 valence electrons. The minimum atomic E-state index is -0.156. The van der Waals surface area contributed by atoms with Crippen LogP contribution in [0, 0.1) is 5.92 Å². The zero-order chi connectivity index (χ0) is 20.7. The van der Waals surface area contributed by atoms with Crippen LogP contribution in [-0.2, 0) is 0 Å². The van der Waals surface area contributed by atoms with Crippen LogP contribution in [0.15, 0.2) is 48.5 Å². The number of fused-ring (bicyclic) bond motifs is 3. The van der Waals surface area contributed by atoms with Crippen LogP contribution in [-0.4, -0.2) is 67.5 Å². The van der Waals surface area contributed by atoms with Crippen molar-refractivity contribution < 1.29 is 14.3 Å². The van der Waals surface area contributed by atoms with Crippen molar-refractivity contribution in [3.8, 4) is 5.75 Å². The van der Waals surface area contributed by atoms with Gasteiger partial charge in [0.05, 0.1) is 23.9 Å². The molecule has 6 heteroatoms. The maximum absolute atomic E-state index is 12.5. The third-order valence-corrected chi connectivity index (χ3v) is 6.62. The van der Waals surface area contributed by atoms with E-state index in [-0.39, 0.29) is 11.8 Å². The number of carbonyl (C=O) groups is 2. The summed E-state index contributed by atoms with van der Waals surface area (Å²) in [6, 6.07) is 15.8. The van der Waals surface area contributed by atoms with Gasteiger partial charge in [0.15, 0.2) is 0 Å². The van der Waals surface area contributed by atoms with Gasteiger partial charge in [0.25, 0.3) is 11.8 Å². The first kappa shape index (κ1) is 19.1. The zero-order valence-corrected chi connectivity index (χ0v) is 17.3. The van der Waals surface area contributed by atoms with E-state index in [1.807, 2.05) is 24.3 Å². The van der Waals surface area contributed by atoms with E-state index in [4.69, 9.17) is 4.74 Å². The fraction of sp³-hybridized carbons (Fsp3) is 0.417. The second-order valence-corrected chi connectivity index (χ2v) is 8.50. The molecule has 0 spiro atoms. The van der Waals surface area contributed by atoms with Crippen molar-refractivity contribution >= 4 is 17.5 Å². The summed E-state index contributed by atoms with van der Waals surface area (Å²) in [5.41, 5.74) is 2.25. The molecular weight excluding hydrogens is 378 g/mol. The van der Waals surface area contributed by atoms with E-state index < -0.39 is 0 Å². The summed E-state index contributed by atoms with van der Waals surface area (Å²) in [5.74, 6) is 1.27. The number of piperidine rings is 1. The highest BCUT2D eigenvalue weighted by Gasteiger charge is 2.39. The van der Waals surface area contributed by atoms with Crippen LogP contribution in [0.2, 0.25) is 0 Å². The Labute approximate surface area is 177 Å². The van der Waals surface area contributed by atoms with E-state index in [1.165, 1.54) is 17.0 Å². The van der Waals surface area contributed by atoms with Gasteiger partial charge in [-0.25, -0.2) is 0 Å². The maximum Gasteiger partial charge on any atom is 0.261 e. The molecule has 30 heavy (non-hydrogen) atoms. The molecule has 3 aliphatic rings. The van der Waals surface area contributed by atoms with Gasteiger partial charge in [-0.2, -0.15) is 0 Å². The highest BCUT2D eigenvalue weighted by atomic mass is 16.5. The van der Waals surface area contributed by atoms with E-state index in [0.29, 0.717) is 29.6 Å². The van der Waals surface area contributed by atoms with Gasteiger partial charge >= 0.3 is 0 Å². The number of anilines is 1. The van der Waals surface area contributed by atoms with Gasteiger partial charge < -0.3 is 14.5 Å². The number of methoxy groups -OCH3 is 1. The third kappa shape index (κ3) is 3.25. The van der Waals surface area contributed by atoms with Crippen molar-refractivity contribution in [2.75, 3.05) is 44.7 Å². The minimum absolute atomic E-state index is 0.156. The van der Waals surface area contributed by atoms with Gasteiger partial charge in [0.2, 0.25) is 0 Å². The van der Waals surface area contributed by atoms with Crippen LogP contribution < -0.4 is 9.64 Å². The first-order valence-electron chi connectivity index (χ1n) is 10.7. The topological polar surface area (TPSA) is 53.1 Å². The van der Waals surface area contributed by atoms with Gasteiger partial charge in [-0.05, 0) is 49.6 Å². The Hall–Kier alpha value is -2.86. The van der Waals surface area contributed by atoms with Crippen LogP contribution in [0.4, 0.5) is 5.69 Å². The average molecular weight is 405 g/mol. The smallest absolute Gasteiger partial charge is 0.261 e. The highest BCUT2D eigenvalue weighted by Crippen LogP contribution is 2.38. The lowest BCUT2D eigenvalue weighted by atomic mass is 10.00. The molecule has 2 saturated heterocycles. The second kappa shape index (κ2) is 7.76. The van der Waals surface area contributed by atoms with Crippen molar-refractivity contribution in [1.82, 2.24) is 9.80 Å². The molecule has 0 unspecified atom stereocenters. The summed E-state index contributed by atoms with van der Waals surface area (Å²) < 4.78 is 5.58. The van der Waals surface area contributed by atoms with Crippen LogP contribution in [0.1, 0.15) is 33.6 Å². The molecule has 2 aromatic carbocycles. The van der Waals surface area contributed by atoms with Gasteiger partial charge in [-0.3, -0.25) is 14.5 Å². The number of likely N-dealkylation sites (tertiary alicyclic amines) is 1. The summed E-state index contributed by atoms with van der Waals surface area (Å²) in [7, 11) is 1.73. The van der Waals surface area contributed by atoms with Crippen LogP contribution in [0.3, 0.4) is 0 Å². The average Bonchev–Trinajstić information content (AvgIpc) is 3.21. The van der Waals surface area contributed by atoms with E-state index in [0.717, 1.165) is 38.3 Å². The summed E-state index contributed by atoms with van der Waals surface area (Å²) in [6.07, 6.45) is 2.02. The normalized spacial score (nSPS) is 23.2. The Morgan fingerprint density at radius 1 is 0.900 bits per heavy atom. The number of para-hydroxylation sites is 2. The van der Waals surface area contributed by atoms with E-state index >= 15 is 0 Å². The summed E-state index contributed by atoms with van der Waals surface area (Å²) in [5, 5.41) is 0. The van der Waals surface area contributed by atoms with Crippen molar-refractivity contribution in [3.63, 3.8) is 0 Å². The van der Waals surface area contributed by atoms with E-state index in [1.54, 1.807) is 19.2 Å². The Morgan fingerprint density at radius 2 is 1.60 bits per heavy atom. The number of hydrogen-bond acceptors (Lipinski definition) is 5. The van der Waals surface area contributed by atoms with E-state index in [2.05, 4.69) is 21.9 Å². The van der Waals surface area contributed by atoms with Crippen LogP contribution >= 0.6 is 0 Å². The van der Waals surface area contributed by atoms with Crippen LogP contribution in [0.25, 0.3) is 0 Å². The molecule has 0 N–H and O–H groups in total. The van der Waals surface area contributed by atoms with Crippen molar-refractivity contribution in [2.24, 2.45) is 5.92 Å². The molecule has 0 saturated carbocycles. The Morgan fingerprint density at radius 3 is 2.33 bits per heavy atom. The number of benzene rings is 2. The Bertz CT molecular complexity index is 941. The first-order valence-corrected chi connectivity index (χ1v) is 10.7.